The van der Waals surface area contributed by atoms with E-state index >= 15 is 0 Å². The van der Waals surface area contributed by atoms with Crippen molar-refractivity contribution in [3.63, 3.8) is 0 Å². The number of likely N-dealkylation sites (N-methyl/N-ethyl adjacent to an activating group) is 1. The van der Waals surface area contributed by atoms with E-state index in [1.807, 2.05) is 68.4 Å². The number of thiazole rings is 1. The second kappa shape index (κ2) is 12.6. The van der Waals surface area contributed by atoms with Gasteiger partial charge in [0.15, 0.2) is 5.13 Å². The molecule has 0 aliphatic carbocycles. The number of amides is 1. The summed E-state index contributed by atoms with van der Waals surface area (Å²) in [5.41, 5.74) is 2.95. The Bertz CT molecular complexity index is 1590. The van der Waals surface area contributed by atoms with E-state index in [-0.39, 0.29) is 23.2 Å². The topological polar surface area (TPSA) is 83.0 Å². The summed E-state index contributed by atoms with van der Waals surface area (Å²) in [6.45, 7) is 4.02. The van der Waals surface area contributed by atoms with E-state index in [9.17, 15) is 13.2 Å². The molecule has 0 bridgehead atoms. The summed E-state index contributed by atoms with van der Waals surface area (Å²) < 4.78 is 35.1. The van der Waals surface area contributed by atoms with Gasteiger partial charge in [-0.15, -0.1) is 12.4 Å². The number of benzene rings is 3. The van der Waals surface area contributed by atoms with Gasteiger partial charge in [0, 0.05) is 25.2 Å². The van der Waals surface area contributed by atoms with E-state index in [0.29, 0.717) is 36.9 Å². The SMILES string of the molecule is CCOc1ccc2nc(N(CCN(C)C)C(=O)c3ccc(S(=O)(=O)N4CCCc5ccccc54)cc3)sc2c1.Cl. The number of hydrogen-bond acceptors (Lipinski definition) is 7. The van der Waals surface area contributed by atoms with Gasteiger partial charge in [-0.25, -0.2) is 13.4 Å². The van der Waals surface area contributed by atoms with E-state index in [2.05, 4.69) is 0 Å². The zero-order chi connectivity index (χ0) is 27.6. The zero-order valence-corrected chi connectivity index (χ0v) is 25.2. The van der Waals surface area contributed by atoms with Crippen molar-refractivity contribution in [2.75, 3.05) is 49.5 Å². The van der Waals surface area contributed by atoms with Crippen LogP contribution in [0.4, 0.5) is 10.8 Å². The van der Waals surface area contributed by atoms with Gasteiger partial charge < -0.3 is 9.64 Å². The highest BCUT2D eigenvalue weighted by atomic mass is 35.5. The molecule has 1 aromatic heterocycles. The van der Waals surface area contributed by atoms with Gasteiger partial charge in [-0.1, -0.05) is 29.5 Å². The van der Waals surface area contributed by atoms with Crippen LogP contribution < -0.4 is 13.9 Å². The lowest BCUT2D eigenvalue weighted by Gasteiger charge is -2.30. The fourth-order valence-corrected chi connectivity index (χ4v) is 7.21. The molecule has 1 amide bonds. The molecule has 0 saturated heterocycles. The fraction of sp³-hybridized carbons (Fsp3) is 0.310. The molecule has 0 saturated carbocycles. The number of carbonyl (C=O) groups excluding carboxylic acids is 1. The highest BCUT2D eigenvalue weighted by Gasteiger charge is 2.29. The Morgan fingerprint density at radius 1 is 1.05 bits per heavy atom. The minimum Gasteiger partial charge on any atom is -0.494 e. The van der Waals surface area contributed by atoms with Crippen molar-refractivity contribution >= 4 is 60.7 Å². The lowest BCUT2D eigenvalue weighted by molar-refractivity contribution is 0.0985. The summed E-state index contributed by atoms with van der Waals surface area (Å²) in [5.74, 6) is 0.535. The average molecular weight is 601 g/mol. The highest BCUT2D eigenvalue weighted by Crippen LogP contribution is 2.34. The van der Waals surface area contributed by atoms with Crippen LogP contribution in [0.25, 0.3) is 10.2 Å². The van der Waals surface area contributed by atoms with Crippen molar-refractivity contribution in [3.8, 4) is 5.75 Å². The molecule has 1 aliphatic rings. The summed E-state index contributed by atoms with van der Waals surface area (Å²) in [5, 5.41) is 0.590. The predicted molar refractivity (Wildman–Crippen MR) is 164 cm³/mol. The third-order valence-electron chi connectivity index (χ3n) is 6.66. The largest absolute Gasteiger partial charge is 0.494 e. The number of nitrogens with zero attached hydrogens (tertiary/aromatic N) is 4. The smallest absolute Gasteiger partial charge is 0.264 e. The predicted octanol–water partition coefficient (Wildman–Crippen LogP) is 5.47. The monoisotopic (exact) mass is 600 g/mol. The molecule has 0 unspecified atom stereocenters. The average Bonchev–Trinajstić information content (AvgIpc) is 3.36. The minimum absolute atomic E-state index is 0. The van der Waals surface area contributed by atoms with Crippen LogP contribution >= 0.6 is 23.7 Å². The molecule has 0 N–H and O–H groups in total. The first-order valence-corrected chi connectivity index (χ1v) is 15.2. The standard InChI is InChI=1S/C29H32N4O4S2.ClH/c1-4-37-23-13-16-25-27(20-23)38-29(30-25)32(19-18-31(2)3)28(34)22-11-14-24(15-12-22)39(35,36)33-17-7-9-21-8-5-6-10-26(21)33;/h5-6,8,10-16,20H,4,7,9,17-19H2,1-3H3;1H. The first kappa shape index (κ1) is 29.8. The van der Waals surface area contributed by atoms with Gasteiger partial charge >= 0.3 is 0 Å². The van der Waals surface area contributed by atoms with Crippen LogP contribution in [-0.4, -0.2) is 64.5 Å². The van der Waals surface area contributed by atoms with Gasteiger partial charge in [-0.3, -0.25) is 14.0 Å². The molecule has 5 rings (SSSR count). The van der Waals surface area contributed by atoms with Crippen LogP contribution in [0.1, 0.15) is 29.3 Å². The summed E-state index contributed by atoms with van der Waals surface area (Å²) in [6, 6.07) is 19.6. The number of anilines is 2. The number of aromatic nitrogens is 1. The quantitative estimate of drug-likeness (QED) is 0.253. The van der Waals surface area contributed by atoms with Gasteiger partial charge in [0.2, 0.25) is 0 Å². The Labute approximate surface area is 245 Å². The number of hydrogen-bond donors (Lipinski definition) is 0. The Kier molecular flexibility index (Phi) is 9.35. The van der Waals surface area contributed by atoms with Crippen molar-refractivity contribution in [1.29, 1.82) is 0 Å². The lowest BCUT2D eigenvalue weighted by atomic mass is 10.0. The Morgan fingerprint density at radius 3 is 2.52 bits per heavy atom. The molecular formula is C29H33ClN4O4S2. The van der Waals surface area contributed by atoms with Gasteiger partial charge in [-0.2, -0.15) is 0 Å². The van der Waals surface area contributed by atoms with Crippen molar-refractivity contribution in [1.82, 2.24) is 9.88 Å². The third-order valence-corrected chi connectivity index (χ3v) is 9.53. The summed E-state index contributed by atoms with van der Waals surface area (Å²) in [4.78, 5) is 22.3. The van der Waals surface area contributed by atoms with E-state index in [0.717, 1.165) is 40.1 Å². The van der Waals surface area contributed by atoms with Crippen LogP contribution in [-0.2, 0) is 16.4 Å². The van der Waals surface area contributed by atoms with Crippen LogP contribution in [0.15, 0.2) is 71.6 Å². The number of halogens is 1. The number of aryl methyl sites for hydroxylation is 1. The molecule has 0 fully saturated rings. The summed E-state index contributed by atoms with van der Waals surface area (Å²) in [6.07, 6.45) is 1.62. The summed E-state index contributed by atoms with van der Waals surface area (Å²) in [7, 11) is 0.146. The molecule has 1 aliphatic heterocycles. The molecular weight excluding hydrogens is 568 g/mol. The van der Waals surface area contributed by atoms with E-state index in [1.165, 1.54) is 27.8 Å². The van der Waals surface area contributed by atoms with Crippen molar-refractivity contribution < 1.29 is 17.9 Å². The van der Waals surface area contributed by atoms with E-state index < -0.39 is 10.0 Å². The van der Waals surface area contributed by atoms with Crippen molar-refractivity contribution in [2.24, 2.45) is 0 Å². The van der Waals surface area contributed by atoms with Gasteiger partial charge in [0.1, 0.15) is 5.75 Å². The maximum absolute atomic E-state index is 13.7. The van der Waals surface area contributed by atoms with Gasteiger partial charge in [0.25, 0.3) is 15.9 Å². The maximum Gasteiger partial charge on any atom is 0.264 e. The zero-order valence-electron chi connectivity index (χ0n) is 22.7. The lowest BCUT2D eigenvalue weighted by Crippen LogP contribution is -2.37. The molecule has 4 aromatic rings. The fourth-order valence-electron chi connectivity index (χ4n) is 4.65. The molecule has 2 heterocycles. The Balaban J connectivity index is 0.00000370. The number of rotatable bonds is 9. The molecule has 212 valence electrons. The van der Waals surface area contributed by atoms with Gasteiger partial charge in [-0.05, 0) is 88.0 Å². The minimum atomic E-state index is -3.76. The molecule has 40 heavy (non-hydrogen) atoms. The Morgan fingerprint density at radius 2 is 1.80 bits per heavy atom. The van der Waals surface area contributed by atoms with Crippen LogP contribution in [0.3, 0.4) is 0 Å². The molecule has 8 nitrogen and oxygen atoms in total. The molecule has 0 spiro atoms. The second-order valence-electron chi connectivity index (χ2n) is 9.65. The first-order valence-electron chi connectivity index (χ1n) is 13.0. The van der Waals surface area contributed by atoms with Crippen LogP contribution in [0.5, 0.6) is 5.75 Å². The van der Waals surface area contributed by atoms with Crippen molar-refractivity contribution in [3.05, 3.63) is 77.9 Å². The number of sulfonamides is 1. The number of carbonyl (C=O) groups is 1. The molecule has 0 atom stereocenters. The molecule has 0 radical (unpaired) electrons. The summed E-state index contributed by atoms with van der Waals surface area (Å²) >= 11 is 1.43. The van der Waals surface area contributed by atoms with Crippen molar-refractivity contribution in [2.45, 2.75) is 24.7 Å². The highest BCUT2D eigenvalue weighted by molar-refractivity contribution is 7.92. The van der Waals surface area contributed by atoms with Crippen LogP contribution in [0, 0.1) is 0 Å². The first-order chi connectivity index (χ1) is 18.8. The van der Waals surface area contributed by atoms with Crippen LogP contribution in [0.2, 0.25) is 0 Å². The number of ether oxygens (including phenoxy) is 1. The maximum atomic E-state index is 13.7. The number of para-hydroxylation sites is 1. The van der Waals surface area contributed by atoms with E-state index in [1.54, 1.807) is 17.0 Å². The second-order valence-corrected chi connectivity index (χ2v) is 12.5. The Hall–Kier alpha value is -3.18. The van der Waals surface area contributed by atoms with E-state index in [4.69, 9.17) is 9.72 Å². The molecule has 3 aromatic carbocycles. The van der Waals surface area contributed by atoms with Gasteiger partial charge in [0.05, 0.1) is 27.4 Å². The third kappa shape index (κ3) is 6.10. The molecule has 11 heteroatoms. The normalized spacial score (nSPS) is 13.2. The number of fused-ring (bicyclic) bond motifs is 2.